The molecule has 0 saturated heterocycles. The molecule has 108 valence electrons. The number of unbranched alkanes of at least 4 members (excludes halogenated alkanes) is 1. The highest BCUT2D eigenvalue weighted by Gasteiger charge is 2.09. The first-order chi connectivity index (χ1) is 9.83. The predicted molar refractivity (Wildman–Crippen MR) is 83.9 cm³/mol. The molecule has 1 N–H and O–H groups in total. The van der Waals surface area contributed by atoms with Crippen molar-refractivity contribution in [3.05, 3.63) is 54.0 Å². The second kappa shape index (κ2) is 7.75. The van der Waals surface area contributed by atoms with Crippen molar-refractivity contribution in [3.8, 4) is 0 Å². The summed E-state index contributed by atoms with van der Waals surface area (Å²) < 4.78 is 5.85. The molecular formula is C17H24N2O. The monoisotopic (exact) mass is 272 g/mol. The van der Waals surface area contributed by atoms with E-state index in [4.69, 9.17) is 4.42 Å². The van der Waals surface area contributed by atoms with Crippen LogP contribution in [0.15, 0.2) is 46.9 Å². The van der Waals surface area contributed by atoms with E-state index in [1.807, 2.05) is 7.05 Å². The third-order valence-electron chi connectivity index (χ3n) is 3.32. The quantitative estimate of drug-likeness (QED) is 0.792. The van der Waals surface area contributed by atoms with E-state index in [1.54, 1.807) is 0 Å². The first-order valence-corrected chi connectivity index (χ1v) is 7.35. The Kier molecular flexibility index (Phi) is 5.69. The van der Waals surface area contributed by atoms with Crippen LogP contribution in [0, 0.1) is 0 Å². The Morgan fingerprint density at radius 1 is 1.05 bits per heavy atom. The molecule has 0 aliphatic heterocycles. The number of nitrogens with one attached hydrogen (secondary N) is 1. The highest BCUT2D eigenvalue weighted by Crippen LogP contribution is 2.19. The summed E-state index contributed by atoms with van der Waals surface area (Å²) in [5, 5.41) is 3.11. The van der Waals surface area contributed by atoms with Crippen LogP contribution in [0.25, 0.3) is 0 Å². The van der Waals surface area contributed by atoms with Gasteiger partial charge in [-0.2, -0.15) is 0 Å². The van der Waals surface area contributed by atoms with Crippen molar-refractivity contribution in [1.29, 1.82) is 0 Å². The minimum Gasteiger partial charge on any atom is -0.463 e. The van der Waals surface area contributed by atoms with Gasteiger partial charge < -0.3 is 14.6 Å². The van der Waals surface area contributed by atoms with E-state index >= 15 is 0 Å². The zero-order valence-corrected chi connectivity index (χ0v) is 12.4. The van der Waals surface area contributed by atoms with Crippen molar-refractivity contribution in [2.75, 3.05) is 18.5 Å². The van der Waals surface area contributed by atoms with E-state index in [0.29, 0.717) is 0 Å². The molecule has 0 radical (unpaired) electrons. The summed E-state index contributed by atoms with van der Waals surface area (Å²) >= 11 is 0. The van der Waals surface area contributed by atoms with Crippen LogP contribution in [-0.4, -0.2) is 13.6 Å². The molecule has 0 aliphatic carbocycles. The number of anilines is 1. The van der Waals surface area contributed by atoms with Gasteiger partial charge in [-0.3, -0.25) is 0 Å². The maximum Gasteiger partial charge on any atom is 0.123 e. The summed E-state index contributed by atoms with van der Waals surface area (Å²) in [6.45, 7) is 4.89. The van der Waals surface area contributed by atoms with Gasteiger partial charge in [0.25, 0.3) is 0 Å². The number of hydrogen-bond donors (Lipinski definition) is 1. The van der Waals surface area contributed by atoms with Gasteiger partial charge in [0.05, 0.1) is 13.1 Å². The summed E-state index contributed by atoms with van der Waals surface area (Å²) in [5.74, 6) is 2.02. The first-order valence-electron chi connectivity index (χ1n) is 7.35. The molecule has 3 nitrogen and oxygen atoms in total. The second-order valence-electron chi connectivity index (χ2n) is 5.01. The van der Waals surface area contributed by atoms with Gasteiger partial charge in [-0.1, -0.05) is 31.5 Å². The van der Waals surface area contributed by atoms with Crippen LogP contribution in [0.5, 0.6) is 0 Å². The molecule has 1 aromatic heterocycles. The van der Waals surface area contributed by atoms with E-state index < -0.39 is 0 Å². The van der Waals surface area contributed by atoms with Gasteiger partial charge in [-0.25, -0.2) is 0 Å². The SMILES string of the molecule is CCCCN(Cc1ccc(CNC)o1)c1ccccc1. The van der Waals surface area contributed by atoms with Gasteiger partial charge in [0.1, 0.15) is 11.5 Å². The smallest absolute Gasteiger partial charge is 0.123 e. The largest absolute Gasteiger partial charge is 0.463 e. The Morgan fingerprint density at radius 2 is 1.80 bits per heavy atom. The van der Waals surface area contributed by atoms with Gasteiger partial charge in [-0.15, -0.1) is 0 Å². The molecule has 20 heavy (non-hydrogen) atoms. The molecule has 0 aliphatic rings. The van der Waals surface area contributed by atoms with Gasteiger partial charge in [-0.05, 0) is 37.7 Å². The molecule has 0 saturated carbocycles. The molecule has 0 amide bonds. The highest BCUT2D eigenvalue weighted by molar-refractivity contribution is 5.46. The number of hydrogen-bond acceptors (Lipinski definition) is 3. The maximum absolute atomic E-state index is 5.85. The van der Waals surface area contributed by atoms with Crippen molar-refractivity contribution in [2.45, 2.75) is 32.9 Å². The lowest BCUT2D eigenvalue weighted by atomic mass is 10.2. The van der Waals surface area contributed by atoms with Crippen molar-refractivity contribution < 1.29 is 4.42 Å². The van der Waals surface area contributed by atoms with Crippen molar-refractivity contribution in [2.24, 2.45) is 0 Å². The fourth-order valence-corrected chi connectivity index (χ4v) is 2.25. The van der Waals surface area contributed by atoms with E-state index in [-0.39, 0.29) is 0 Å². The molecule has 2 aromatic rings. The number of furan rings is 1. The Morgan fingerprint density at radius 3 is 2.50 bits per heavy atom. The number of benzene rings is 1. The van der Waals surface area contributed by atoms with E-state index in [0.717, 1.165) is 31.2 Å². The minimum absolute atomic E-state index is 0.778. The molecule has 1 aromatic carbocycles. The lowest BCUT2D eigenvalue weighted by Crippen LogP contribution is -2.23. The van der Waals surface area contributed by atoms with Crippen LogP contribution in [0.4, 0.5) is 5.69 Å². The molecule has 0 bridgehead atoms. The maximum atomic E-state index is 5.85. The van der Waals surface area contributed by atoms with Crippen LogP contribution in [0.2, 0.25) is 0 Å². The Bertz CT molecular complexity index is 493. The lowest BCUT2D eigenvalue weighted by Gasteiger charge is -2.23. The molecule has 3 heteroatoms. The highest BCUT2D eigenvalue weighted by atomic mass is 16.3. The summed E-state index contributed by atoms with van der Waals surface area (Å²) in [6.07, 6.45) is 2.39. The normalized spacial score (nSPS) is 10.7. The van der Waals surface area contributed by atoms with Gasteiger partial charge >= 0.3 is 0 Å². The van der Waals surface area contributed by atoms with Gasteiger partial charge in [0.2, 0.25) is 0 Å². The number of nitrogens with zero attached hydrogens (tertiary/aromatic N) is 1. The van der Waals surface area contributed by atoms with Crippen LogP contribution < -0.4 is 10.2 Å². The average molecular weight is 272 g/mol. The molecule has 0 unspecified atom stereocenters. The van der Waals surface area contributed by atoms with E-state index in [2.05, 4.69) is 59.6 Å². The third-order valence-corrected chi connectivity index (χ3v) is 3.32. The Labute approximate surface area is 121 Å². The molecule has 2 rings (SSSR count). The molecular weight excluding hydrogens is 248 g/mol. The predicted octanol–water partition coefficient (Wildman–Crippen LogP) is 3.81. The van der Waals surface area contributed by atoms with Crippen LogP contribution >= 0.6 is 0 Å². The molecule has 0 atom stereocenters. The summed E-state index contributed by atoms with van der Waals surface area (Å²) in [7, 11) is 1.93. The summed E-state index contributed by atoms with van der Waals surface area (Å²) in [5.41, 5.74) is 1.26. The van der Waals surface area contributed by atoms with Crippen molar-refractivity contribution in [3.63, 3.8) is 0 Å². The fourth-order valence-electron chi connectivity index (χ4n) is 2.25. The molecule has 1 heterocycles. The van der Waals surface area contributed by atoms with Crippen LogP contribution in [0.1, 0.15) is 31.3 Å². The van der Waals surface area contributed by atoms with Crippen molar-refractivity contribution in [1.82, 2.24) is 5.32 Å². The lowest BCUT2D eigenvalue weighted by molar-refractivity contribution is 0.449. The zero-order valence-electron chi connectivity index (χ0n) is 12.4. The minimum atomic E-state index is 0.778. The average Bonchev–Trinajstić information content (AvgIpc) is 2.92. The number of rotatable bonds is 8. The standard InChI is InChI=1S/C17H24N2O/c1-3-4-12-19(15-8-6-5-7-9-15)14-17-11-10-16(20-17)13-18-2/h5-11,18H,3-4,12-14H2,1-2H3. The second-order valence-corrected chi connectivity index (χ2v) is 5.01. The van der Waals surface area contributed by atoms with E-state index in [9.17, 15) is 0 Å². The van der Waals surface area contributed by atoms with Crippen LogP contribution in [0.3, 0.4) is 0 Å². The van der Waals surface area contributed by atoms with Crippen LogP contribution in [-0.2, 0) is 13.1 Å². The Hall–Kier alpha value is -1.74. The summed E-state index contributed by atoms with van der Waals surface area (Å²) in [4.78, 5) is 2.38. The molecule has 0 fully saturated rings. The first kappa shape index (κ1) is 14.7. The van der Waals surface area contributed by atoms with Gasteiger partial charge in [0, 0.05) is 12.2 Å². The number of para-hydroxylation sites is 1. The third kappa shape index (κ3) is 4.14. The fraction of sp³-hybridized carbons (Fsp3) is 0.412. The Balaban J connectivity index is 2.06. The summed E-state index contributed by atoms with van der Waals surface area (Å²) in [6, 6.07) is 14.7. The van der Waals surface area contributed by atoms with Gasteiger partial charge in [0.15, 0.2) is 0 Å². The van der Waals surface area contributed by atoms with Crippen molar-refractivity contribution >= 4 is 5.69 Å². The zero-order chi connectivity index (χ0) is 14.2. The topological polar surface area (TPSA) is 28.4 Å². The van der Waals surface area contributed by atoms with E-state index in [1.165, 1.54) is 18.5 Å². The molecule has 0 spiro atoms.